The van der Waals surface area contributed by atoms with Crippen LogP contribution in [0, 0.1) is 0 Å². The second-order valence-electron chi connectivity index (χ2n) is 15.8. The summed E-state index contributed by atoms with van der Waals surface area (Å²) < 4.78 is 90.9. The predicted octanol–water partition coefficient (Wildman–Crippen LogP) is 8.88. The summed E-state index contributed by atoms with van der Waals surface area (Å²) in [7, 11) is -0.278. The van der Waals surface area contributed by atoms with Gasteiger partial charge in [0.1, 0.15) is 13.2 Å². The number of hydrogen-bond donors (Lipinski definition) is 2. The van der Waals surface area contributed by atoms with Crippen molar-refractivity contribution in [2.45, 2.75) is 9.79 Å². The molecule has 7 aromatic carbocycles. The summed E-state index contributed by atoms with van der Waals surface area (Å²) in [4.78, 5) is 4.26. The molecule has 0 aromatic heterocycles. The number of nitrogens with zero attached hydrogens (tertiary/aromatic N) is 2. The van der Waals surface area contributed by atoms with Gasteiger partial charge in [-0.3, -0.25) is 9.44 Å². The average molecular weight is 917 g/mol. The Bertz CT molecular complexity index is 2810. The lowest BCUT2D eigenvalue weighted by Gasteiger charge is -2.19. The minimum atomic E-state index is -3.99. The first-order valence-corrected chi connectivity index (χ1v) is 24.2. The first-order chi connectivity index (χ1) is 31.4. The Hall–Kier alpha value is -6.36. The smallest absolute Gasteiger partial charge is 0.262 e. The molecule has 0 saturated heterocycles. The van der Waals surface area contributed by atoms with Crippen molar-refractivity contribution in [3.05, 3.63) is 133 Å². The van der Waals surface area contributed by atoms with Gasteiger partial charge >= 0.3 is 0 Å². The zero-order valence-corrected chi connectivity index (χ0v) is 38.4. The van der Waals surface area contributed by atoms with Gasteiger partial charge in [0.05, 0.1) is 49.4 Å². The van der Waals surface area contributed by atoms with Gasteiger partial charge in [0.15, 0.2) is 11.5 Å². The van der Waals surface area contributed by atoms with Crippen molar-refractivity contribution < 1.29 is 40.5 Å². The molecule has 0 saturated carbocycles. The molecule has 13 nitrogen and oxygen atoms in total. The number of anilines is 4. The van der Waals surface area contributed by atoms with Gasteiger partial charge < -0.3 is 33.5 Å². The highest BCUT2D eigenvalue weighted by Crippen LogP contribution is 2.42. The van der Waals surface area contributed by atoms with Gasteiger partial charge in [-0.1, -0.05) is 72.8 Å². The van der Waals surface area contributed by atoms with E-state index >= 15 is 0 Å². The van der Waals surface area contributed by atoms with Crippen molar-refractivity contribution in [1.29, 1.82) is 0 Å². The molecule has 0 aliphatic carbocycles. The Morgan fingerprint density at radius 1 is 0.415 bits per heavy atom. The molecule has 15 heteroatoms. The van der Waals surface area contributed by atoms with Crippen molar-refractivity contribution in [2.75, 3.05) is 100 Å². The number of ether oxygens (including phenoxy) is 5. The van der Waals surface area contributed by atoms with E-state index in [2.05, 4.69) is 9.44 Å². The molecule has 65 heavy (non-hydrogen) atoms. The maximum atomic E-state index is 13.9. The summed E-state index contributed by atoms with van der Waals surface area (Å²) in [6.45, 7) is 2.85. The second-order valence-corrected chi connectivity index (χ2v) is 19.1. The fourth-order valence-electron chi connectivity index (χ4n) is 7.86. The third kappa shape index (κ3) is 10.3. The van der Waals surface area contributed by atoms with Crippen molar-refractivity contribution in [2.24, 2.45) is 0 Å². The van der Waals surface area contributed by atoms with Crippen LogP contribution in [0.1, 0.15) is 0 Å². The van der Waals surface area contributed by atoms with Gasteiger partial charge in [-0.15, -0.1) is 0 Å². The van der Waals surface area contributed by atoms with Gasteiger partial charge in [-0.2, -0.15) is 0 Å². The molecular formula is C50H52N4O9S2. The summed E-state index contributed by atoms with van der Waals surface area (Å²) in [5.41, 5.74) is 5.64. The molecule has 338 valence electrons. The SMILES string of the molecule is CN(C)c1cccc2c(S(=O)(=O)Nc3ccc(-c4cc5c(cc4-c4ccc(NS(=O)(=O)c6cccc7c(N(C)C)cccc67)cc4)OCCOCCOCCOCCO5)cc3)cccc12. The Morgan fingerprint density at radius 3 is 1.12 bits per heavy atom. The number of rotatable bonds is 10. The van der Waals surface area contributed by atoms with E-state index in [9.17, 15) is 16.8 Å². The molecule has 1 aliphatic rings. The first kappa shape index (κ1) is 45.2. The van der Waals surface area contributed by atoms with E-state index < -0.39 is 20.0 Å². The van der Waals surface area contributed by atoms with E-state index in [0.717, 1.165) is 44.4 Å². The van der Waals surface area contributed by atoms with Crippen molar-refractivity contribution >= 4 is 64.3 Å². The number of hydrogen-bond acceptors (Lipinski definition) is 11. The minimum Gasteiger partial charge on any atom is -0.487 e. The van der Waals surface area contributed by atoms with Gasteiger partial charge in [-0.05, 0) is 82.9 Å². The van der Waals surface area contributed by atoms with E-state index in [-0.39, 0.29) is 23.0 Å². The molecule has 8 rings (SSSR count). The number of sulfonamides is 2. The summed E-state index contributed by atoms with van der Waals surface area (Å²) in [6.07, 6.45) is 0. The maximum absolute atomic E-state index is 13.9. The van der Waals surface area contributed by atoms with Crippen LogP contribution >= 0.6 is 0 Å². The van der Waals surface area contributed by atoms with E-state index in [4.69, 9.17) is 23.7 Å². The van der Waals surface area contributed by atoms with E-state index in [1.165, 1.54) is 0 Å². The number of benzene rings is 7. The lowest BCUT2D eigenvalue weighted by molar-refractivity contribution is 0.00708. The monoisotopic (exact) mass is 916 g/mol. The maximum Gasteiger partial charge on any atom is 0.262 e. The zero-order valence-electron chi connectivity index (χ0n) is 36.7. The van der Waals surface area contributed by atoms with Crippen molar-refractivity contribution in [3.8, 4) is 33.8 Å². The van der Waals surface area contributed by atoms with Crippen molar-refractivity contribution in [3.63, 3.8) is 0 Å². The minimum absolute atomic E-state index is 0.173. The molecule has 0 radical (unpaired) electrons. The molecule has 0 atom stereocenters. The summed E-state index contributed by atoms with van der Waals surface area (Å²) in [6, 6.07) is 39.8. The van der Waals surface area contributed by atoms with E-state index in [1.807, 2.05) is 123 Å². The van der Waals surface area contributed by atoms with Gasteiger partial charge in [0.2, 0.25) is 0 Å². The highest BCUT2D eigenvalue weighted by Gasteiger charge is 2.22. The van der Waals surface area contributed by atoms with Crippen LogP contribution in [-0.4, -0.2) is 97.9 Å². The molecule has 0 unspecified atom stereocenters. The third-order valence-corrected chi connectivity index (χ3v) is 13.8. The van der Waals surface area contributed by atoms with Crippen LogP contribution in [0.2, 0.25) is 0 Å². The molecule has 0 spiro atoms. The molecular weight excluding hydrogens is 865 g/mol. The van der Waals surface area contributed by atoms with Crippen LogP contribution < -0.4 is 28.7 Å². The van der Waals surface area contributed by atoms with Crippen LogP contribution in [0.5, 0.6) is 11.5 Å². The molecule has 2 N–H and O–H groups in total. The molecule has 7 aromatic rings. The van der Waals surface area contributed by atoms with Crippen LogP contribution in [-0.2, 0) is 34.3 Å². The lowest BCUT2D eigenvalue weighted by Crippen LogP contribution is -2.14. The fraction of sp³-hybridized carbons (Fsp3) is 0.240. The Labute approximate surface area is 380 Å². The normalized spacial score (nSPS) is 14.3. The van der Waals surface area contributed by atoms with E-state index in [1.54, 1.807) is 48.5 Å². The summed E-state index contributed by atoms with van der Waals surface area (Å²) >= 11 is 0. The average Bonchev–Trinajstić information content (AvgIpc) is 3.30. The van der Waals surface area contributed by atoms with E-state index in [0.29, 0.717) is 73.3 Å². The highest BCUT2D eigenvalue weighted by molar-refractivity contribution is 7.93. The molecule has 0 fully saturated rings. The predicted molar refractivity (Wildman–Crippen MR) is 259 cm³/mol. The van der Waals surface area contributed by atoms with Crippen molar-refractivity contribution in [1.82, 2.24) is 0 Å². The van der Waals surface area contributed by atoms with Gasteiger partial charge in [0, 0.05) is 72.5 Å². The van der Waals surface area contributed by atoms with Gasteiger partial charge in [0.25, 0.3) is 20.0 Å². The molecule has 0 bridgehead atoms. The van der Waals surface area contributed by atoms with Gasteiger partial charge in [-0.25, -0.2) is 16.8 Å². The molecule has 1 heterocycles. The van der Waals surface area contributed by atoms with Crippen LogP contribution in [0.3, 0.4) is 0 Å². The third-order valence-electron chi connectivity index (χ3n) is 11.0. The summed E-state index contributed by atoms with van der Waals surface area (Å²) in [5.74, 6) is 0.960. The topological polar surface area (TPSA) is 145 Å². The largest absolute Gasteiger partial charge is 0.487 e. The van der Waals surface area contributed by atoms with Crippen LogP contribution in [0.15, 0.2) is 143 Å². The Morgan fingerprint density at radius 2 is 0.754 bits per heavy atom. The number of fused-ring (bicyclic) bond motifs is 3. The van der Waals surface area contributed by atoms with Crippen LogP contribution in [0.25, 0.3) is 43.8 Å². The quantitative estimate of drug-likeness (QED) is 0.136. The van der Waals surface area contributed by atoms with Crippen LogP contribution in [0.4, 0.5) is 22.7 Å². The Balaban J connectivity index is 1.13. The Kier molecular flexibility index (Phi) is 13.8. The standard InChI is InChI=1S/C50H52N4O9S2/c1-53(2)45-13-5-11-41-39(45)9-7-15-49(41)64(55,56)51-37-21-17-35(18-22-37)43-33-47-48(63-32-30-61-28-26-59-25-27-60-29-31-62-47)34-44(43)36-19-23-38(24-20-36)52-65(57,58)50-16-8-10-40-42(50)12-6-14-46(40)54(3)4/h5-24,33-34,51-52H,25-32H2,1-4H3. The zero-order chi connectivity index (χ0) is 45.6. The lowest BCUT2D eigenvalue weighted by atomic mass is 9.93. The second kappa shape index (κ2) is 19.8. The molecule has 1 aliphatic heterocycles. The number of nitrogens with one attached hydrogen (secondary N) is 2. The summed E-state index contributed by atoms with van der Waals surface area (Å²) in [5, 5.41) is 2.89. The highest BCUT2D eigenvalue weighted by atomic mass is 32.2. The first-order valence-electron chi connectivity index (χ1n) is 21.2. The molecule has 0 amide bonds. The fourth-order valence-corrected chi connectivity index (χ4v) is 10.4.